The summed E-state index contributed by atoms with van der Waals surface area (Å²) < 4.78 is 11.8. The predicted molar refractivity (Wildman–Crippen MR) is 99.0 cm³/mol. The number of rotatable bonds is 6. The fourth-order valence-corrected chi connectivity index (χ4v) is 3.52. The monoisotopic (exact) mass is 336 g/mol. The number of para-hydroxylation sites is 3. The second kappa shape index (κ2) is 7.70. The van der Waals surface area contributed by atoms with Crippen LogP contribution in [-0.2, 0) is 0 Å². The lowest BCUT2D eigenvalue weighted by Gasteiger charge is -2.31. The summed E-state index contributed by atoms with van der Waals surface area (Å²) in [5.41, 5.74) is 1.86. The van der Waals surface area contributed by atoms with Crippen LogP contribution >= 0.6 is 0 Å². The maximum atomic E-state index is 5.98. The van der Waals surface area contributed by atoms with Crippen molar-refractivity contribution in [1.29, 1.82) is 0 Å². The normalized spacial score (nSPS) is 18.5. The van der Waals surface area contributed by atoms with E-state index in [1.54, 1.807) is 0 Å². The van der Waals surface area contributed by atoms with Gasteiger partial charge in [0, 0.05) is 19.0 Å². The second-order valence-corrected chi connectivity index (χ2v) is 6.67. The number of benzene rings is 2. The number of hydrogen-bond acceptors (Lipinski definition) is 4. The molecule has 1 saturated heterocycles. The van der Waals surface area contributed by atoms with E-state index in [9.17, 15) is 0 Å². The third kappa shape index (κ3) is 4.02. The van der Waals surface area contributed by atoms with Crippen molar-refractivity contribution in [3.63, 3.8) is 0 Å². The first-order valence-electron chi connectivity index (χ1n) is 9.14. The summed E-state index contributed by atoms with van der Waals surface area (Å²) in [6, 6.07) is 18.0. The van der Waals surface area contributed by atoms with E-state index >= 15 is 0 Å². The van der Waals surface area contributed by atoms with Crippen LogP contribution in [0, 0.1) is 0 Å². The van der Waals surface area contributed by atoms with Gasteiger partial charge in [0.05, 0.1) is 6.61 Å². The first-order valence-corrected chi connectivity index (χ1v) is 9.14. The third-order valence-electron chi connectivity index (χ3n) is 4.80. The molecule has 1 atom stereocenters. The van der Waals surface area contributed by atoms with Crippen LogP contribution in [0.1, 0.15) is 31.1 Å². The molecule has 1 aliphatic heterocycles. The van der Waals surface area contributed by atoms with E-state index in [1.807, 2.05) is 54.6 Å². The van der Waals surface area contributed by atoms with Crippen molar-refractivity contribution < 1.29 is 9.15 Å². The molecule has 0 radical (unpaired) electrons. The molecule has 0 spiro atoms. The van der Waals surface area contributed by atoms with Crippen molar-refractivity contribution in [3.05, 3.63) is 60.5 Å². The van der Waals surface area contributed by atoms with E-state index in [0.717, 1.165) is 61.8 Å². The Balaban J connectivity index is 1.29. The van der Waals surface area contributed by atoms with Crippen LogP contribution < -0.4 is 4.74 Å². The number of aromatic nitrogens is 1. The first kappa shape index (κ1) is 16.2. The molecule has 4 nitrogen and oxygen atoms in total. The zero-order valence-corrected chi connectivity index (χ0v) is 14.4. The van der Waals surface area contributed by atoms with Gasteiger partial charge >= 0.3 is 0 Å². The van der Waals surface area contributed by atoms with E-state index in [1.165, 1.54) is 6.42 Å². The van der Waals surface area contributed by atoms with Gasteiger partial charge in [-0.05, 0) is 50.1 Å². The smallest absolute Gasteiger partial charge is 0.199 e. The molecule has 4 heteroatoms. The topological polar surface area (TPSA) is 38.5 Å². The SMILES string of the molecule is c1ccc(OCCCN2CCCC(c3nc4ccccc4o3)C2)cc1. The predicted octanol–water partition coefficient (Wildman–Crippen LogP) is 4.48. The van der Waals surface area contributed by atoms with Crippen LogP contribution in [0.25, 0.3) is 11.1 Å². The minimum absolute atomic E-state index is 0.399. The fourth-order valence-electron chi connectivity index (χ4n) is 3.52. The highest BCUT2D eigenvalue weighted by Gasteiger charge is 2.25. The first-order chi connectivity index (χ1) is 12.4. The summed E-state index contributed by atoms with van der Waals surface area (Å²) in [5, 5.41) is 0. The van der Waals surface area contributed by atoms with Crippen LogP contribution in [-0.4, -0.2) is 36.1 Å². The molecular weight excluding hydrogens is 312 g/mol. The summed E-state index contributed by atoms with van der Waals surface area (Å²) >= 11 is 0. The van der Waals surface area contributed by atoms with Gasteiger partial charge < -0.3 is 14.1 Å². The molecule has 0 aliphatic carbocycles. The number of nitrogens with zero attached hydrogens (tertiary/aromatic N) is 2. The molecule has 1 aromatic heterocycles. The molecule has 2 aromatic carbocycles. The average Bonchev–Trinajstić information content (AvgIpc) is 3.11. The van der Waals surface area contributed by atoms with Crippen molar-refractivity contribution in [1.82, 2.24) is 9.88 Å². The second-order valence-electron chi connectivity index (χ2n) is 6.67. The van der Waals surface area contributed by atoms with Gasteiger partial charge in [0.25, 0.3) is 0 Å². The van der Waals surface area contributed by atoms with E-state index in [4.69, 9.17) is 9.15 Å². The zero-order chi connectivity index (χ0) is 16.9. The van der Waals surface area contributed by atoms with Gasteiger partial charge in [-0.25, -0.2) is 4.98 Å². The molecule has 1 aliphatic rings. The molecule has 0 bridgehead atoms. The Morgan fingerprint density at radius 1 is 1.08 bits per heavy atom. The van der Waals surface area contributed by atoms with Crippen LogP contribution in [0.15, 0.2) is 59.0 Å². The highest BCUT2D eigenvalue weighted by molar-refractivity contribution is 5.72. The third-order valence-corrected chi connectivity index (χ3v) is 4.80. The Morgan fingerprint density at radius 2 is 1.92 bits per heavy atom. The lowest BCUT2D eigenvalue weighted by atomic mass is 9.98. The summed E-state index contributed by atoms with van der Waals surface area (Å²) in [4.78, 5) is 7.20. The molecule has 130 valence electrons. The largest absolute Gasteiger partial charge is 0.494 e. The van der Waals surface area contributed by atoms with Crippen molar-refractivity contribution in [3.8, 4) is 5.75 Å². The lowest BCUT2D eigenvalue weighted by molar-refractivity contribution is 0.179. The molecule has 4 rings (SSSR count). The van der Waals surface area contributed by atoms with Crippen LogP contribution in [0.3, 0.4) is 0 Å². The van der Waals surface area contributed by atoms with Gasteiger partial charge in [0.2, 0.25) is 0 Å². The van der Waals surface area contributed by atoms with Crippen molar-refractivity contribution >= 4 is 11.1 Å². The molecule has 2 heterocycles. The summed E-state index contributed by atoms with van der Waals surface area (Å²) in [6.07, 6.45) is 3.39. The van der Waals surface area contributed by atoms with E-state index < -0.39 is 0 Å². The number of likely N-dealkylation sites (tertiary alicyclic amines) is 1. The van der Waals surface area contributed by atoms with Gasteiger partial charge in [-0.1, -0.05) is 30.3 Å². The molecule has 0 saturated carbocycles. The number of oxazole rings is 1. The van der Waals surface area contributed by atoms with Crippen LogP contribution in [0.4, 0.5) is 0 Å². The van der Waals surface area contributed by atoms with Crippen molar-refractivity contribution in [2.24, 2.45) is 0 Å². The number of ether oxygens (including phenoxy) is 1. The molecule has 3 aromatic rings. The van der Waals surface area contributed by atoms with Crippen LogP contribution in [0.5, 0.6) is 5.75 Å². The van der Waals surface area contributed by atoms with Gasteiger partial charge in [0.15, 0.2) is 11.5 Å². The lowest BCUT2D eigenvalue weighted by Crippen LogP contribution is -2.35. The molecular formula is C21H24N2O2. The molecule has 0 amide bonds. The summed E-state index contributed by atoms with van der Waals surface area (Å²) in [7, 11) is 0. The standard InChI is InChI=1S/C21H24N2O2/c1-2-9-18(10-3-1)24-15-7-14-23-13-6-8-17(16-23)21-22-19-11-4-5-12-20(19)25-21/h1-5,9-12,17H,6-8,13-16H2. The highest BCUT2D eigenvalue weighted by atomic mass is 16.5. The van der Waals surface area contributed by atoms with Crippen molar-refractivity contribution in [2.75, 3.05) is 26.2 Å². The van der Waals surface area contributed by atoms with Crippen LogP contribution in [0.2, 0.25) is 0 Å². The maximum Gasteiger partial charge on any atom is 0.199 e. The van der Waals surface area contributed by atoms with E-state index in [-0.39, 0.29) is 0 Å². The fraction of sp³-hybridized carbons (Fsp3) is 0.381. The minimum Gasteiger partial charge on any atom is -0.494 e. The van der Waals surface area contributed by atoms with Gasteiger partial charge in [-0.3, -0.25) is 0 Å². The maximum absolute atomic E-state index is 5.98. The van der Waals surface area contributed by atoms with E-state index in [0.29, 0.717) is 5.92 Å². The van der Waals surface area contributed by atoms with E-state index in [2.05, 4.69) is 9.88 Å². The Labute approximate surface area is 148 Å². The molecule has 1 fully saturated rings. The summed E-state index contributed by atoms with van der Waals surface area (Å²) in [6.45, 7) is 4.00. The van der Waals surface area contributed by atoms with Crippen molar-refractivity contribution in [2.45, 2.75) is 25.2 Å². The average molecular weight is 336 g/mol. The van der Waals surface area contributed by atoms with Gasteiger partial charge in [-0.2, -0.15) is 0 Å². The zero-order valence-electron chi connectivity index (χ0n) is 14.4. The van der Waals surface area contributed by atoms with Gasteiger partial charge in [0.1, 0.15) is 11.3 Å². The Hall–Kier alpha value is -2.33. The minimum atomic E-state index is 0.399. The Morgan fingerprint density at radius 3 is 2.80 bits per heavy atom. The molecule has 0 N–H and O–H groups in total. The Kier molecular flexibility index (Phi) is 4.98. The van der Waals surface area contributed by atoms with Gasteiger partial charge in [-0.15, -0.1) is 0 Å². The summed E-state index contributed by atoms with van der Waals surface area (Å²) in [5.74, 6) is 2.24. The highest BCUT2D eigenvalue weighted by Crippen LogP contribution is 2.28. The molecule has 1 unspecified atom stereocenters. The number of fused-ring (bicyclic) bond motifs is 1. The quantitative estimate of drug-likeness (QED) is 0.622. The number of hydrogen-bond donors (Lipinski definition) is 0. The Bertz CT molecular complexity index is 767. The molecule has 25 heavy (non-hydrogen) atoms. The number of piperidine rings is 1.